The number of hydrogen-bond acceptors (Lipinski definition) is 5. The summed E-state index contributed by atoms with van der Waals surface area (Å²) >= 11 is 3.19. The number of amides is 2. The molecule has 0 radical (unpaired) electrons. The summed E-state index contributed by atoms with van der Waals surface area (Å²) in [5, 5.41) is 13.3. The number of carbonyl (C=O) groups is 2. The van der Waals surface area contributed by atoms with Crippen molar-refractivity contribution in [3.8, 4) is 5.75 Å². The van der Waals surface area contributed by atoms with Gasteiger partial charge in [0.15, 0.2) is 0 Å². The lowest BCUT2D eigenvalue weighted by atomic mass is 10.2. The Hall–Kier alpha value is -3.28. The quantitative estimate of drug-likeness (QED) is 0.560. The molecule has 3 aromatic rings. The molecule has 158 valence electrons. The number of aryl methyl sites for hydroxylation is 2. The summed E-state index contributed by atoms with van der Waals surface area (Å²) in [7, 11) is 3.27. The molecule has 12 heteroatoms. The Labute approximate surface area is 178 Å². The van der Waals surface area contributed by atoms with E-state index in [4.69, 9.17) is 0 Å². The highest BCUT2D eigenvalue weighted by Crippen LogP contribution is 2.27. The number of halogens is 3. The van der Waals surface area contributed by atoms with Gasteiger partial charge >= 0.3 is 6.61 Å². The van der Waals surface area contributed by atoms with E-state index in [1.165, 1.54) is 42.3 Å². The highest BCUT2D eigenvalue weighted by atomic mass is 79.9. The van der Waals surface area contributed by atoms with Gasteiger partial charge in [0.05, 0.1) is 35.0 Å². The zero-order chi connectivity index (χ0) is 22.0. The van der Waals surface area contributed by atoms with E-state index >= 15 is 0 Å². The van der Waals surface area contributed by atoms with Gasteiger partial charge in [-0.05, 0) is 25.1 Å². The lowest BCUT2D eigenvalue weighted by Gasteiger charge is -2.12. The number of nitrogens with zero attached hydrogens (tertiary/aromatic N) is 4. The maximum Gasteiger partial charge on any atom is 0.387 e. The first-order valence-corrected chi connectivity index (χ1v) is 9.34. The standard InChI is InChI=1S/C18H17BrF2N6O3/c1-9-12(7-22-26(9)2)24-17(29)15-13(8-23-27(15)3)25-16(28)11-6-10(19)4-5-14(11)30-18(20)21/h4-8,18H,1-3H3,(H,24,29)(H,25,28). The van der Waals surface area contributed by atoms with Crippen LogP contribution in [0.4, 0.5) is 20.2 Å². The molecule has 0 bridgehead atoms. The molecule has 0 atom stereocenters. The Morgan fingerprint density at radius 3 is 2.33 bits per heavy atom. The highest BCUT2D eigenvalue weighted by Gasteiger charge is 2.23. The fourth-order valence-electron chi connectivity index (χ4n) is 2.67. The van der Waals surface area contributed by atoms with Crippen LogP contribution < -0.4 is 15.4 Å². The number of anilines is 2. The van der Waals surface area contributed by atoms with Crippen LogP contribution in [-0.4, -0.2) is 38.0 Å². The molecule has 0 unspecified atom stereocenters. The van der Waals surface area contributed by atoms with Gasteiger partial charge in [-0.2, -0.15) is 19.0 Å². The number of rotatable bonds is 6. The van der Waals surface area contributed by atoms with Crippen LogP contribution in [-0.2, 0) is 14.1 Å². The molecule has 2 amide bonds. The van der Waals surface area contributed by atoms with Crippen LogP contribution in [0.1, 0.15) is 26.5 Å². The maximum absolute atomic E-state index is 12.8. The van der Waals surface area contributed by atoms with E-state index in [0.717, 1.165) is 5.69 Å². The molecule has 0 aliphatic heterocycles. The van der Waals surface area contributed by atoms with Crippen molar-refractivity contribution in [3.05, 3.63) is 52.0 Å². The number of carbonyl (C=O) groups excluding carboxylic acids is 2. The molecule has 0 aliphatic rings. The van der Waals surface area contributed by atoms with Crippen LogP contribution in [0.2, 0.25) is 0 Å². The predicted molar refractivity (Wildman–Crippen MR) is 108 cm³/mol. The Kier molecular flexibility index (Phi) is 6.15. The minimum atomic E-state index is -3.10. The Bertz CT molecular complexity index is 1110. The molecule has 2 aromatic heterocycles. The van der Waals surface area contributed by atoms with Crippen molar-refractivity contribution in [1.29, 1.82) is 0 Å². The van der Waals surface area contributed by atoms with Gasteiger partial charge in [-0.1, -0.05) is 15.9 Å². The van der Waals surface area contributed by atoms with Crippen molar-refractivity contribution in [2.24, 2.45) is 14.1 Å². The third-order valence-electron chi connectivity index (χ3n) is 4.29. The van der Waals surface area contributed by atoms with Crippen molar-refractivity contribution in [2.75, 3.05) is 10.6 Å². The molecule has 0 saturated carbocycles. The molecule has 0 fully saturated rings. The normalized spacial score (nSPS) is 10.9. The van der Waals surface area contributed by atoms with Crippen molar-refractivity contribution in [3.63, 3.8) is 0 Å². The minimum absolute atomic E-state index is 0.0675. The Morgan fingerprint density at radius 2 is 1.70 bits per heavy atom. The average Bonchev–Trinajstić information content (AvgIpc) is 3.19. The Balaban J connectivity index is 1.87. The second kappa shape index (κ2) is 8.61. The first-order chi connectivity index (χ1) is 14.2. The van der Waals surface area contributed by atoms with Gasteiger partial charge in [-0.3, -0.25) is 19.0 Å². The van der Waals surface area contributed by atoms with Crippen molar-refractivity contribution in [2.45, 2.75) is 13.5 Å². The zero-order valence-electron chi connectivity index (χ0n) is 16.1. The number of hydrogen-bond donors (Lipinski definition) is 2. The van der Waals surface area contributed by atoms with Gasteiger partial charge in [0.1, 0.15) is 11.4 Å². The van der Waals surface area contributed by atoms with Crippen LogP contribution in [0.25, 0.3) is 0 Å². The third-order valence-corrected chi connectivity index (χ3v) is 4.78. The molecule has 9 nitrogen and oxygen atoms in total. The smallest absolute Gasteiger partial charge is 0.387 e. The number of ether oxygens (including phenoxy) is 1. The van der Waals surface area contributed by atoms with Crippen LogP contribution >= 0.6 is 15.9 Å². The fourth-order valence-corrected chi connectivity index (χ4v) is 3.03. The molecular formula is C18H17BrF2N6O3. The van der Waals surface area contributed by atoms with Gasteiger partial charge in [0.2, 0.25) is 0 Å². The van der Waals surface area contributed by atoms with Gasteiger partial charge < -0.3 is 15.4 Å². The lowest BCUT2D eigenvalue weighted by Crippen LogP contribution is -2.21. The highest BCUT2D eigenvalue weighted by molar-refractivity contribution is 9.10. The average molecular weight is 483 g/mol. The zero-order valence-corrected chi connectivity index (χ0v) is 17.7. The monoisotopic (exact) mass is 482 g/mol. The van der Waals surface area contributed by atoms with E-state index in [-0.39, 0.29) is 22.7 Å². The number of nitrogens with one attached hydrogen (secondary N) is 2. The first-order valence-electron chi connectivity index (χ1n) is 8.55. The predicted octanol–water partition coefficient (Wildman–Crippen LogP) is 3.33. The Morgan fingerprint density at radius 1 is 1.07 bits per heavy atom. The summed E-state index contributed by atoms with van der Waals surface area (Å²) in [6, 6.07) is 4.04. The summed E-state index contributed by atoms with van der Waals surface area (Å²) in [5.41, 5.74) is 1.27. The summed E-state index contributed by atoms with van der Waals surface area (Å²) in [5.74, 6) is -1.57. The van der Waals surface area contributed by atoms with Crippen molar-refractivity contribution < 1.29 is 23.1 Å². The van der Waals surface area contributed by atoms with Crippen molar-refractivity contribution in [1.82, 2.24) is 19.6 Å². The van der Waals surface area contributed by atoms with Gasteiger partial charge in [0.25, 0.3) is 11.8 Å². The number of benzene rings is 1. The third kappa shape index (κ3) is 4.48. The molecule has 30 heavy (non-hydrogen) atoms. The van der Waals surface area contributed by atoms with E-state index in [2.05, 4.69) is 41.5 Å². The number of aromatic nitrogens is 4. The SMILES string of the molecule is Cc1c(NC(=O)c2c(NC(=O)c3cc(Br)ccc3OC(F)F)cnn2C)cnn1C. The van der Waals surface area contributed by atoms with Gasteiger partial charge in [-0.25, -0.2) is 0 Å². The van der Waals surface area contributed by atoms with Crippen LogP contribution in [0.15, 0.2) is 35.1 Å². The van der Waals surface area contributed by atoms with Crippen LogP contribution in [0.5, 0.6) is 5.75 Å². The van der Waals surface area contributed by atoms with Crippen LogP contribution in [0, 0.1) is 6.92 Å². The van der Waals surface area contributed by atoms with Gasteiger partial charge in [-0.15, -0.1) is 0 Å². The summed E-state index contributed by atoms with van der Waals surface area (Å²) in [6.07, 6.45) is 2.78. The van der Waals surface area contributed by atoms with E-state index in [1.54, 1.807) is 18.7 Å². The van der Waals surface area contributed by atoms with E-state index in [0.29, 0.717) is 10.2 Å². The molecule has 1 aromatic carbocycles. The molecule has 0 aliphatic carbocycles. The van der Waals surface area contributed by atoms with Crippen LogP contribution in [0.3, 0.4) is 0 Å². The summed E-state index contributed by atoms with van der Waals surface area (Å²) < 4.78 is 33.1. The molecule has 0 saturated heterocycles. The first kappa shape index (κ1) is 21.4. The molecular weight excluding hydrogens is 466 g/mol. The topological polar surface area (TPSA) is 103 Å². The molecule has 2 N–H and O–H groups in total. The van der Waals surface area contributed by atoms with E-state index in [1.807, 2.05) is 0 Å². The molecule has 0 spiro atoms. The lowest BCUT2D eigenvalue weighted by molar-refractivity contribution is -0.0501. The van der Waals surface area contributed by atoms with Crippen molar-refractivity contribution >= 4 is 39.1 Å². The summed E-state index contributed by atoms with van der Waals surface area (Å²) in [6.45, 7) is -1.31. The fraction of sp³-hybridized carbons (Fsp3) is 0.222. The second-order valence-corrected chi connectivity index (χ2v) is 7.14. The summed E-state index contributed by atoms with van der Waals surface area (Å²) in [4.78, 5) is 25.5. The van der Waals surface area contributed by atoms with E-state index in [9.17, 15) is 18.4 Å². The largest absolute Gasteiger partial charge is 0.434 e. The molecule has 2 heterocycles. The van der Waals surface area contributed by atoms with Gasteiger partial charge in [0, 0.05) is 18.6 Å². The minimum Gasteiger partial charge on any atom is -0.434 e. The maximum atomic E-state index is 12.8. The second-order valence-electron chi connectivity index (χ2n) is 6.22. The van der Waals surface area contributed by atoms with E-state index < -0.39 is 18.4 Å². The number of alkyl halides is 2. The molecule has 3 rings (SSSR count).